The van der Waals surface area contributed by atoms with E-state index in [2.05, 4.69) is 63.7 Å². The van der Waals surface area contributed by atoms with E-state index in [4.69, 9.17) is 0 Å². The highest BCUT2D eigenvalue weighted by Crippen LogP contribution is 2.29. The van der Waals surface area contributed by atoms with Gasteiger partial charge in [-0.05, 0) is 40.0 Å². The maximum Gasteiger partial charge on any atom is 0.276 e. The fourth-order valence-corrected chi connectivity index (χ4v) is 3.99. The topological polar surface area (TPSA) is 94.3 Å². The summed E-state index contributed by atoms with van der Waals surface area (Å²) in [6.07, 6.45) is 1.73. The van der Waals surface area contributed by atoms with Crippen molar-refractivity contribution in [1.82, 2.24) is 35.0 Å². The van der Waals surface area contributed by atoms with Crippen molar-refractivity contribution in [1.29, 1.82) is 0 Å². The lowest BCUT2D eigenvalue weighted by molar-refractivity contribution is 0.409. The van der Waals surface area contributed by atoms with Crippen molar-refractivity contribution in [2.24, 2.45) is 5.92 Å². The fourth-order valence-electron chi connectivity index (χ4n) is 3.99. The molecule has 1 N–H and O–H groups in total. The van der Waals surface area contributed by atoms with Crippen LogP contribution in [0.15, 0.2) is 71.7 Å². The Morgan fingerprint density at radius 3 is 2.44 bits per heavy atom. The second kappa shape index (κ2) is 8.22. The molecule has 8 heteroatoms. The van der Waals surface area contributed by atoms with Gasteiger partial charge in [0.05, 0.1) is 11.9 Å². The molecule has 0 amide bonds. The molecule has 0 bridgehead atoms. The van der Waals surface area contributed by atoms with Crippen LogP contribution in [-0.2, 0) is 13.1 Å². The molecular weight excluding hydrogens is 402 g/mol. The Bertz CT molecular complexity index is 1410. The normalized spacial score (nSPS) is 11.5. The lowest BCUT2D eigenvalue weighted by Gasteiger charge is -2.14. The zero-order valence-corrected chi connectivity index (χ0v) is 17.9. The Morgan fingerprint density at radius 1 is 0.938 bits per heavy atom. The van der Waals surface area contributed by atoms with Crippen LogP contribution in [0.25, 0.3) is 33.5 Å². The zero-order chi connectivity index (χ0) is 22.1. The molecule has 32 heavy (non-hydrogen) atoms. The summed E-state index contributed by atoms with van der Waals surface area (Å²) in [6, 6.07) is 20.0. The Morgan fingerprint density at radius 2 is 1.72 bits per heavy atom. The van der Waals surface area contributed by atoms with Gasteiger partial charge in [0, 0.05) is 18.3 Å². The molecule has 0 saturated heterocycles. The number of nitrogens with one attached hydrogen (secondary N) is 1. The lowest BCUT2D eigenvalue weighted by Crippen LogP contribution is -2.25. The van der Waals surface area contributed by atoms with E-state index in [0.717, 1.165) is 22.3 Å². The van der Waals surface area contributed by atoms with Crippen LogP contribution in [0, 0.1) is 5.92 Å². The second-order valence-corrected chi connectivity index (χ2v) is 8.19. The number of pyridine rings is 1. The van der Waals surface area contributed by atoms with Gasteiger partial charge in [-0.15, -0.1) is 10.2 Å². The maximum absolute atomic E-state index is 12.9. The van der Waals surface area contributed by atoms with Crippen molar-refractivity contribution in [3.05, 3.63) is 82.8 Å². The molecule has 5 aromatic rings. The number of fused-ring (bicyclic) bond motifs is 1. The average molecular weight is 425 g/mol. The molecule has 8 nitrogen and oxygen atoms in total. The summed E-state index contributed by atoms with van der Waals surface area (Å²) in [5.41, 5.74) is 4.82. The molecule has 0 fully saturated rings. The molecule has 0 aliphatic heterocycles. The number of tetrazole rings is 1. The quantitative estimate of drug-likeness (QED) is 0.447. The highest BCUT2D eigenvalue weighted by atomic mass is 16.1. The average Bonchev–Trinajstić information content (AvgIpc) is 3.43. The van der Waals surface area contributed by atoms with Gasteiger partial charge in [0.15, 0.2) is 5.65 Å². The Kier molecular flexibility index (Phi) is 5.10. The molecule has 0 saturated carbocycles. The van der Waals surface area contributed by atoms with E-state index in [1.165, 1.54) is 0 Å². The van der Waals surface area contributed by atoms with E-state index in [9.17, 15) is 4.79 Å². The van der Waals surface area contributed by atoms with E-state index < -0.39 is 0 Å². The number of hydrogen-bond donors (Lipinski definition) is 1. The Labute approximate surface area is 184 Å². The Hall–Kier alpha value is -4.07. The third kappa shape index (κ3) is 3.60. The molecule has 160 valence electrons. The summed E-state index contributed by atoms with van der Waals surface area (Å²) < 4.78 is 3.79. The molecule has 3 aromatic heterocycles. The lowest BCUT2D eigenvalue weighted by atomic mass is 9.98. The number of aromatic amines is 1. The van der Waals surface area contributed by atoms with Crippen molar-refractivity contribution in [2.75, 3.05) is 0 Å². The van der Waals surface area contributed by atoms with Gasteiger partial charge in [-0.3, -0.25) is 9.48 Å². The SMILES string of the molecule is CC(C)Cn1c(=O)c2cccnc2n1Cc1ccc(-c2ccccc2-c2nn[nH]n2)cc1. The van der Waals surface area contributed by atoms with E-state index in [1.807, 2.05) is 45.8 Å². The first-order chi connectivity index (χ1) is 15.6. The van der Waals surface area contributed by atoms with Crippen LogP contribution in [0.3, 0.4) is 0 Å². The minimum atomic E-state index is 0.00691. The van der Waals surface area contributed by atoms with Crippen LogP contribution >= 0.6 is 0 Å². The summed E-state index contributed by atoms with van der Waals surface area (Å²) >= 11 is 0. The number of nitrogens with zero attached hydrogens (tertiary/aromatic N) is 6. The van der Waals surface area contributed by atoms with Crippen LogP contribution in [0.5, 0.6) is 0 Å². The van der Waals surface area contributed by atoms with Crippen molar-refractivity contribution in [2.45, 2.75) is 26.9 Å². The minimum absolute atomic E-state index is 0.00691. The smallest absolute Gasteiger partial charge is 0.267 e. The van der Waals surface area contributed by atoms with Crippen molar-refractivity contribution in [3.8, 4) is 22.5 Å². The summed E-state index contributed by atoms with van der Waals surface area (Å²) in [5.74, 6) is 0.909. The molecule has 0 aliphatic carbocycles. The van der Waals surface area contributed by atoms with Crippen molar-refractivity contribution >= 4 is 11.0 Å². The van der Waals surface area contributed by atoms with Crippen LogP contribution in [0.2, 0.25) is 0 Å². The highest BCUT2D eigenvalue weighted by molar-refractivity contribution is 5.80. The third-order valence-electron chi connectivity index (χ3n) is 5.44. The van der Waals surface area contributed by atoms with Crippen molar-refractivity contribution < 1.29 is 0 Å². The third-order valence-corrected chi connectivity index (χ3v) is 5.44. The van der Waals surface area contributed by atoms with E-state index in [-0.39, 0.29) is 5.56 Å². The molecule has 2 aromatic carbocycles. The minimum Gasteiger partial charge on any atom is -0.267 e. The molecular formula is C24H23N7O. The first-order valence-electron chi connectivity index (χ1n) is 10.6. The number of H-pyrrole nitrogens is 1. The standard InChI is InChI=1S/C24H23N7O/c1-16(2)14-31-24(32)21-8-5-13-25-23(21)30(31)15-17-9-11-18(12-10-17)19-6-3-4-7-20(19)22-26-28-29-27-22/h3-13,16H,14-15H2,1-2H3,(H,26,27,28,29). The zero-order valence-electron chi connectivity index (χ0n) is 17.9. The molecule has 5 rings (SSSR count). The predicted molar refractivity (Wildman–Crippen MR) is 123 cm³/mol. The molecule has 0 unspecified atom stereocenters. The number of hydrogen-bond acceptors (Lipinski definition) is 5. The molecule has 0 aliphatic rings. The summed E-state index contributed by atoms with van der Waals surface area (Å²) in [7, 11) is 0. The van der Waals surface area contributed by atoms with Crippen LogP contribution in [0.1, 0.15) is 19.4 Å². The van der Waals surface area contributed by atoms with Gasteiger partial charge in [-0.25, -0.2) is 9.67 Å². The van der Waals surface area contributed by atoms with Gasteiger partial charge in [0.1, 0.15) is 0 Å². The van der Waals surface area contributed by atoms with Gasteiger partial charge in [0.2, 0.25) is 5.82 Å². The van der Waals surface area contributed by atoms with E-state index in [0.29, 0.717) is 35.9 Å². The second-order valence-electron chi connectivity index (χ2n) is 8.19. The van der Waals surface area contributed by atoms with Gasteiger partial charge in [-0.2, -0.15) is 5.21 Å². The van der Waals surface area contributed by atoms with Crippen LogP contribution in [-0.4, -0.2) is 35.0 Å². The number of benzene rings is 2. The van der Waals surface area contributed by atoms with E-state index >= 15 is 0 Å². The van der Waals surface area contributed by atoms with Gasteiger partial charge >= 0.3 is 0 Å². The van der Waals surface area contributed by atoms with Crippen LogP contribution in [0.4, 0.5) is 0 Å². The highest BCUT2D eigenvalue weighted by Gasteiger charge is 2.16. The van der Waals surface area contributed by atoms with Crippen molar-refractivity contribution in [3.63, 3.8) is 0 Å². The molecule has 3 heterocycles. The predicted octanol–water partition coefficient (Wildman–Crippen LogP) is 3.75. The van der Waals surface area contributed by atoms with Gasteiger partial charge in [0.25, 0.3) is 5.56 Å². The summed E-state index contributed by atoms with van der Waals surface area (Å²) in [5, 5.41) is 15.1. The largest absolute Gasteiger partial charge is 0.276 e. The summed E-state index contributed by atoms with van der Waals surface area (Å²) in [4.78, 5) is 17.4. The monoisotopic (exact) mass is 425 g/mol. The first-order valence-corrected chi connectivity index (χ1v) is 10.6. The van der Waals surface area contributed by atoms with Crippen LogP contribution < -0.4 is 5.56 Å². The molecule has 0 spiro atoms. The number of aromatic nitrogens is 7. The summed E-state index contributed by atoms with van der Waals surface area (Å²) in [6.45, 7) is 5.43. The van der Waals surface area contributed by atoms with Gasteiger partial charge in [-0.1, -0.05) is 62.4 Å². The van der Waals surface area contributed by atoms with E-state index in [1.54, 1.807) is 6.20 Å². The Balaban J connectivity index is 1.51. The van der Waals surface area contributed by atoms with Gasteiger partial charge < -0.3 is 0 Å². The molecule has 0 radical (unpaired) electrons. The molecule has 0 atom stereocenters. The first kappa shape index (κ1) is 19.9. The fraction of sp³-hybridized carbons (Fsp3) is 0.208. The maximum atomic E-state index is 12.9. The number of rotatable bonds is 6.